The SMILES string of the molecule is C=CCCCCCCCCCC(=O)OC[C@H](COP(=S)([S-])OCC[N+](C)(C)C)OC(=O)CCCCCCCCCC=C. The van der Waals surface area contributed by atoms with Crippen molar-refractivity contribution in [1.29, 1.82) is 0 Å². The maximum atomic E-state index is 12.6. The normalized spacial score (nSPS) is 13.7. The lowest BCUT2D eigenvalue weighted by molar-refractivity contribution is -0.870. The average Bonchev–Trinajstić information content (AvgIpc) is 2.92. The molecule has 0 aromatic heterocycles. The molecule has 42 heavy (non-hydrogen) atoms. The van der Waals surface area contributed by atoms with Crippen molar-refractivity contribution in [3.63, 3.8) is 0 Å². The topological polar surface area (TPSA) is 71.1 Å². The predicted octanol–water partition coefficient (Wildman–Crippen LogP) is 8.35. The summed E-state index contributed by atoms with van der Waals surface area (Å²) in [5.74, 6) is -0.630. The fraction of sp³-hybridized carbons (Fsp3) is 0.812. The zero-order valence-corrected chi connectivity index (χ0v) is 29.4. The van der Waals surface area contributed by atoms with Gasteiger partial charge < -0.3 is 35.3 Å². The molecule has 0 aliphatic rings. The third-order valence-corrected chi connectivity index (χ3v) is 8.97. The molecule has 0 spiro atoms. The van der Waals surface area contributed by atoms with Crippen LogP contribution in [0.3, 0.4) is 0 Å². The van der Waals surface area contributed by atoms with Crippen LogP contribution in [0.2, 0.25) is 0 Å². The Labute approximate surface area is 268 Å². The smallest absolute Gasteiger partial charge is 0.306 e. The highest BCUT2D eigenvalue weighted by Crippen LogP contribution is 2.46. The number of esters is 2. The number of rotatable bonds is 30. The van der Waals surface area contributed by atoms with Gasteiger partial charge in [0.25, 0.3) is 0 Å². The quantitative estimate of drug-likeness (QED) is 0.0192. The molecule has 0 bridgehead atoms. The van der Waals surface area contributed by atoms with Crippen LogP contribution in [-0.4, -0.2) is 70.0 Å². The molecule has 0 radical (unpaired) electrons. The molecule has 0 aromatic carbocycles. The highest BCUT2D eigenvalue weighted by atomic mass is 32.9. The summed E-state index contributed by atoms with van der Waals surface area (Å²) in [4.78, 5) is 24.9. The molecular formula is C32H60NO6PS2. The lowest BCUT2D eigenvalue weighted by Gasteiger charge is -2.32. The Balaban J connectivity index is 4.52. The summed E-state index contributed by atoms with van der Waals surface area (Å²) in [5, 5.41) is 0. The van der Waals surface area contributed by atoms with Crippen molar-refractivity contribution in [3.05, 3.63) is 25.3 Å². The van der Waals surface area contributed by atoms with Gasteiger partial charge in [0.15, 0.2) is 6.10 Å². The highest BCUT2D eigenvalue weighted by molar-refractivity contribution is 8.51. The van der Waals surface area contributed by atoms with E-state index in [1.165, 1.54) is 51.4 Å². The van der Waals surface area contributed by atoms with E-state index in [4.69, 9.17) is 42.6 Å². The molecule has 246 valence electrons. The molecule has 0 saturated heterocycles. The van der Waals surface area contributed by atoms with Crippen LogP contribution in [0, 0.1) is 0 Å². The van der Waals surface area contributed by atoms with E-state index < -0.39 is 11.8 Å². The van der Waals surface area contributed by atoms with Crippen LogP contribution in [0.25, 0.3) is 0 Å². The Morgan fingerprint density at radius 2 is 1.19 bits per heavy atom. The number of unbranched alkanes of at least 4 members (excludes halogenated alkanes) is 14. The van der Waals surface area contributed by atoms with E-state index in [-0.39, 0.29) is 25.2 Å². The number of hydrogen-bond acceptors (Lipinski definition) is 8. The van der Waals surface area contributed by atoms with Crippen molar-refractivity contribution in [2.45, 2.75) is 122 Å². The Kier molecular flexibility index (Phi) is 26.2. The number of carbonyl (C=O) groups excluding carboxylic acids is 2. The van der Waals surface area contributed by atoms with Crippen LogP contribution in [0.1, 0.15) is 116 Å². The molecular weight excluding hydrogens is 589 g/mol. The molecule has 0 saturated carbocycles. The van der Waals surface area contributed by atoms with Crippen LogP contribution >= 0.6 is 5.69 Å². The molecule has 0 N–H and O–H groups in total. The lowest BCUT2D eigenvalue weighted by Crippen LogP contribution is -2.37. The molecule has 7 nitrogen and oxygen atoms in total. The van der Waals surface area contributed by atoms with E-state index in [2.05, 4.69) is 34.3 Å². The highest BCUT2D eigenvalue weighted by Gasteiger charge is 2.19. The Morgan fingerprint density at radius 1 is 0.738 bits per heavy atom. The Bertz CT molecular complexity index is 775. The van der Waals surface area contributed by atoms with Crippen LogP contribution in [-0.2, 0) is 52.2 Å². The Hall–Kier alpha value is -0.700. The van der Waals surface area contributed by atoms with Gasteiger partial charge in [-0.2, -0.15) is 0 Å². The molecule has 0 heterocycles. The minimum Gasteiger partial charge on any atom is -0.691 e. The molecule has 0 aromatic rings. The van der Waals surface area contributed by atoms with Crippen LogP contribution in [0.4, 0.5) is 0 Å². The summed E-state index contributed by atoms with van der Waals surface area (Å²) in [5.41, 5.74) is -2.94. The van der Waals surface area contributed by atoms with Gasteiger partial charge in [-0.05, 0) is 38.5 Å². The predicted molar refractivity (Wildman–Crippen MR) is 181 cm³/mol. The average molecular weight is 650 g/mol. The minimum absolute atomic E-state index is 0.0548. The standard InChI is InChI=1S/C32H60NO6PS2/c1-6-8-10-12-14-16-18-20-22-24-31(34)36-28-30(29-38-40(41,42)37-27-26-33(3,4)5)39-32(35)25-23-21-19-17-15-13-11-9-7-2/h6-7,30H,1-2,8-29H2,3-5H3/t30-/m1/s1. The summed E-state index contributed by atoms with van der Waals surface area (Å²) >= 11 is 10.8. The number of ether oxygens (including phenoxy) is 2. The summed E-state index contributed by atoms with van der Waals surface area (Å²) in [6, 6.07) is 0. The van der Waals surface area contributed by atoms with Gasteiger partial charge in [0, 0.05) is 12.8 Å². The van der Waals surface area contributed by atoms with Crippen molar-refractivity contribution >= 4 is 41.7 Å². The van der Waals surface area contributed by atoms with Crippen molar-refractivity contribution in [3.8, 4) is 0 Å². The second-order valence-electron chi connectivity index (χ2n) is 12.0. The summed E-state index contributed by atoms with van der Waals surface area (Å²) in [6.07, 6.45) is 21.3. The van der Waals surface area contributed by atoms with Crippen molar-refractivity contribution in [2.24, 2.45) is 0 Å². The number of quaternary nitrogens is 1. The molecule has 0 fully saturated rings. The molecule has 0 aliphatic carbocycles. The second kappa shape index (κ2) is 26.7. The van der Waals surface area contributed by atoms with E-state index in [0.717, 1.165) is 57.9 Å². The number of nitrogens with zero attached hydrogens (tertiary/aromatic N) is 1. The van der Waals surface area contributed by atoms with E-state index in [1.807, 2.05) is 12.2 Å². The maximum Gasteiger partial charge on any atom is 0.306 e. The second-order valence-corrected chi connectivity index (χ2v) is 17.0. The summed E-state index contributed by atoms with van der Waals surface area (Å²) < 4.78 is 23.2. The molecule has 0 amide bonds. The first kappa shape index (κ1) is 41.3. The van der Waals surface area contributed by atoms with Gasteiger partial charge in [-0.25, -0.2) is 0 Å². The zero-order valence-electron chi connectivity index (χ0n) is 26.9. The molecule has 0 rings (SSSR count). The van der Waals surface area contributed by atoms with Gasteiger partial charge in [0.1, 0.15) is 19.8 Å². The van der Waals surface area contributed by atoms with Crippen LogP contribution in [0.15, 0.2) is 25.3 Å². The number of carbonyl (C=O) groups is 2. The lowest BCUT2D eigenvalue weighted by atomic mass is 10.1. The van der Waals surface area contributed by atoms with E-state index in [1.54, 1.807) is 0 Å². The van der Waals surface area contributed by atoms with Crippen LogP contribution < -0.4 is 0 Å². The third kappa shape index (κ3) is 29.4. The van der Waals surface area contributed by atoms with Gasteiger partial charge in [0.05, 0.1) is 33.4 Å². The summed E-state index contributed by atoms with van der Waals surface area (Å²) in [6.45, 7) is 8.49. The first-order valence-electron chi connectivity index (χ1n) is 16.0. The monoisotopic (exact) mass is 649 g/mol. The number of likely N-dealkylation sites (N-methyl/N-ethyl adjacent to an activating group) is 1. The van der Waals surface area contributed by atoms with E-state index in [9.17, 15) is 9.59 Å². The maximum absolute atomic E-state index is 12.6. The van der Waals surface area contributed by atoms with Crippen LogP contribution in [0.5, 0.6) is 0 Å². The van der Waals surface area contributed by atoms with Gasteiger partial charge in [0.2, 0.25) is 0 Å². The van der Waals surface area contributed by atoms with E-state index >= 15 is 0 Å². The number of allylic oxidation sites excluding steroid dienone is 2. The van der Waals surface area contributed by atoms with Crippen molar-refractivity contribution in [2.75, 3.05) is 47.5 Å². The fourth-order valence-corrected chi connectivity index (χ4v) is 5.68. The minimum atomic E-state index is -2.94. The van der Waals surface area contributed by atoms with Gasteiger partial charge >= 0.3 is 11.9 Å². The van der Waals surface area contributed by atoms with Crippen molar-refractivity contribution in [1.82, 2.24) is 0 Å². The summed E-state index contributed by atoms with van der Waals surface area (Å²) in [7, 11) is 6.16. The van der Waals surface area contributed by atoms with Crippen molar-refractivity contribution < 1.29 is 32.6 Å². The first-order chi connectivity index (χ1) is 20.0. The first-order valence-corrected chi connectivity index (χ1v) is 19.6. The third-order valence-electron chi connectivity index (χ3n) is 6.74. The number of hydrogen-bond donors (Lipinski definition) is 0. The van der Waals surface area contributed by atoms with Gasteiger partial charge in [-0.1, -0.05) is 88.2 Å². The molecule has 0 aliphatic heterocycles. The van der Waals surface area contributed by atoms with Gasteiger partial charge in [-0.15, -0.1) is 13.2 Å². The largest absolute Gasteiger partial charge is 0.691 e. The fourth-order valence-electron chi connectivity index (χ4n) is 4.14. The molecule has 1 unspecified atom stereocenters. The zero-order chi connectivity index (χ0) is 31.5. The van der Waals surface area contributed by atoms with Gasteiger partial charge in [-0.3, -0.25) is 9.59 Å². The molecule has 2 atom stereocenters. The molecule has 10 heteroatoms. The van der Waals surface area contributed by atoms with E-state index in [0.29, 0.717) is 23.9 Å². The Morgan fingerprint density at radius 3 is 1.67 bits per heavy atom.